The van der Waals surface area contributed by atoms with E-state index in [-0.39, 0.29) is 11.8 Å². The standard InChI is InChI=1S/C26H29N3O5/c1-29(2)15-16-34-24-14-13-18(27-25(30)19-9-5-7-11-22(19)32-3)17-21(24)28-26(31)20-10-6-8-12-23(20)33-4/h5-14,17H,15-16H2,1-4H3,(H,27,30)(H,28,31). The van der Waals surface area contributed by atoms with Gasteiger partial charge in [0.05, 0.1) is 31.0 Å². The minimum atomic E-state index is -0.358. The first kappa shape index (κ1) is 24.6. The van der Waals surface area contributed by atoms with Crippen molar-refractivity contribution >= 4 is 23.2 Å². The molecule has 0 unspecified atom stereocenters. The van der Waals surface area contributed by atoms with Crippen LogP contribution in [0.5, 0.6) is 17.2 Å². The topological polar surface area (TPSA) is 89.1 Å². The van der Waals surface area contributed by atoms with E-state index in [2.05, 4.69) is 10.6 Å². The van der Waals surface area contributed by atoms with Crippen molar-refractivity contribution in [2.45, 2.75) is 0 Å². The molecule has 2 N–H and O–H groups in total. The molecule has 0 heterocycles. The highest BCUT2D eigenvalue weighted by molar-refractivity contribution is 6.08. The number of nitrogens with zero attached hydrogens (tertiary/aromatic N) is 1. The van der Waals surface area contributed by atoms with Crippen LogP contribution in [0.25, 0.3) is 0 Å². The van der Waals surface area contributed by atoms with Gasteiger partial charge in [0.25, 0.3) is 11.8 Å². The lowest BCUT2D eigenvalue weighted by molar-refractivity contribution is 0.101. The fourth-order valence-corrected chi connectivity index (χ4v) is 3.22. The maximum absolute atomic E-state index is 13.0. The molecule has 3 rings (SSSR count). The molecule has 0 spiro atoms. The van der Waals surface area contributed by atoms with Crippen LogP contribution in [0.15, 0.2) is 66.7 Å². The highest BCUT2D eigenvalue weighted by Crippen LogP contribution is 2.30. The maximum Gasteiger partial charge on any atom is 0.259 e. The van der Waals surface area contributed by atoms with Gasteiger partial charge in [-0.1, -0.05) is 24.3 Å². The number of rotatable bonds is 10. The number of carbonyl (C=O) groups excluding carboxylic acids is 2. The molecular weight excluding hydrogens is 434 g/mol. The van der Waals surface area contributed by atoms with Gasteiger partial charge in [-0.05, 0) is 56.6 Å². The molecule has 3 aromatic carbocycles. The lowest BCUT2D eigenvalue weighted by atomic mass is 10.1. The van der Waals surface area contributed by atoms with Gasteiger partial charge in [0.15, 0.2) is 0 Å². The molecular formula is C26H29N3O5. The van der Waals surface area contributed by atoms with Crippen LogP contribution in [0.2, 0.25) is 0 Å². The van der Waals surface area contributed by atoms with Gasteiger partial charge in [0.1, 0.15) is 23.9 Å². The van der Waals surface area contributed by atoms with Gasteiger partial charge in [-0.3, -0.25) is 9.59 Å². The molecule has 34 heavy (non-hydrogen) atoms. The van der Waals surface area contributed by atoms with Gasteiger partial charge in [0, 0.05) is 12.2 Å². The molecule has 8 nitrogen and oxygen atoms in total. The van der Waals surface area contributed by atoms with Gasteiger partial charge >= 0.3 is 0 Å². The maximum atomic E-state index is 13.0. The summed E-state index contributed by atoms with van der Waals surface area (Å²) in [6.45, 7) is 1.13. The summed E-state index contributed by atoms with van der Waals surface area (Å²) < 4.78 is 16.5. The molecule has 0 radical (unpaired) electrons. The highest BCUT2D eigenvalue weighted by atomic mass is 16.5. The number of benzene rings is 3. The largest absolute Gasteiger partial charge is 0.496 e. The van der Waals surface area contributed by atoms with Crippen molar-refractivity contribution in [1.29, 1.82) is 0 Å². The van der Waals surface area contributed by atoms with E-state index in [1.165, 1.54) is 14.2 Å². The first-order chi connectivity index (χ1) is 16.4. The number of anilines is 2. The van der Waals surface area contributed by atoms with Crippen molar-refractivity contribution in [1.82, 2.24) is 4.90 Å². The second-order valence-corrected chi connectivity index (χ2v) is 7.67. The molecule has 0 atom stereocenters. The number of carbonyl (C=O) groups is 2. The Hall–Kier alpha value is -4.04. The lowest BCUT2D eigenvalue weighted by Crippen LogP contribution is -2.20. The Balaban J connectivity index is 1.87. The summed E-state index contributed by atoms with van der Waals surface area (Å²) in [5.41, 5.74) is 1.70. The van der Waals surface area contributed by atoms with Gasteiger partial charge in [0.2, 0.25) is 0 Å². The molecule has 0 aliphatic rings. The number of methoxy groups -OCH3 is 2. The Morgan fingerprint density at radius 3 is 1.88 bits per heavy atom. The van der Waals surface area contributed by atoms with Crippen molar-refractivity contribution in [3.05, 3.63) is 77.9 Å². The SMILES string of the molecule is COc1ccccc1C(=O)Nc1ccc(OCCN(C)C)c(NC(=O)c2ccccc2OC)c1. The van der Waals surface area contributed by atoms with Crippen molar-refractivity contribution in [3.8, 4) is 17.2 Å². The molecule has 2 amide bonds. The summed E-state index contributed by atoms with van der Waals surface area (Å²) in [6, 6.07) is 19.0. The van der Waals surface area contributed by atoms with Crippen LogP contribution in [0.1, 0.15) is 20.7 Å². The van der Waals surface area contributed by atoms with Crippen LogP contribution in [-0.2, 0) is 0 Å². The molecule has 0 aliphatic carbocycles. The van der Waals surface area contributed by atoms with E-state index in [1.54, 1.807) is 66.7 Å². The number of ether oxygens (including phenoxy) is 3. The zero-order valence-corrected chi connectivity index (χ0v) is 19.8. The third-order valence-electron chi connectivity index (χ3n) is 4.98. The number of nitrogens with one attached hydrogen (secondary N) is 2. The minimum absolute atomic E-state index is 0.333. The molecule has 0 bridgehead atoms. The van der Waals surface area contributed by atoms with Crippen molar-refractivity contribution in [2.75, 3.05) is 52.1 Å². The molecule has 178 valence electrons. The quantitative estimate of drug-likeness (QED) is 0.470. The summed E-state index contributed by atoms with van der Waals surface area (Å²) in [5, 5.41) is 5.73. The number of hydrogen-bond acceptors (Lipinski definition) is 6. The Morgan fingerprint density at radius 1 is 0.765 bits per heavy atom. The van der Waals surface area contributed by atoms with E-state index in [0.717, 1.165) is 0 Å². The van der Waals surface area contributed by atoms with Crippen LogP contribution >= 0.6 is 0 Å². The van der Waals surface area contributed by atoms with E-state index in [1.807, 2.05) is 19.0 Å². The van der Waals surface area contributed by atoms with E-state index in [4.69, 9.17) is 14.2 Å². The predicted octanol–water partition coefficient (Wildman–Crippen LogP) is 4.15. The van der Waals surface area contributed by atoms with Crippen molar-refractivity contribution in [2.24, 2.45) is 0 Å². The molecule has 3 aromatic rings. The van der Waals surface area contributed by atoms with Crippen LogP contribution in [0, 0.1) is 0 Å². The summed E-state index contributed by atoms with van der Waals surface area (Å²) >= 11 is 0. The Labute approximate surface area is 199 Å². The Kier molecular flexibility index (Phi) is 8.48. The monoisotopic (exact) mass is 463 g/mol. The second kappa shape index (κ2) is 11.7. The lowest BCUT2D eigenvalue weighted by Gasteiger charge is -2.17. The molecule has 0 fully saturated rings. The summed E-state index contributed by atoms with van der Waals surface area (Å²) in [6.07, 6.45) is 0. The summed E-state index contributed by atoms with van der Waals surface area (Å²) in [7, 11) is 6.92. The molecule has 8 heteroatoms. The van der Waals surface area contributed by atoms with Gasteiger partial charge < -0.3 is 29.7 Å². The highest BCUT2D eigenvalue weighted by Gasteiger charge is 2.17. The zero-order valence-electron chi connectivity index (χ0n) is 19.8. The number of para-hydroxylation sites is 2. The van der Waals surface area contributed by atoms with Crippen molar-refractivity contribution in [3.63, 3.8) is 0 Å². The average Bonchev–Trinajstić information content (AvgIpc) is 2.84. The van der Waals surface area contributed by atoms with Gasteiger partial charge in [-0.2, -0.15) is 0 Å². The Bertz CT molecular complexity index is 1150. The zero-order chi connectivity index (χ0) is 24.5. The summed E-state index contributed by atoms with van der Waals surface area (Å²) in [4.78, 5) is 27.8. The third-order valence-corrected chi connectivity index (χ3v) is 4.98. The fourth-order valence-electron chi connectivity index (χ4n) is 3.22. The van der Waals surface area contributed by atoms with Crippen molar-refractivity contribution < 1.29 is 23.8 Å². The smallest absolute Gasteiger partial charge is 0.259 e. The minimum Gasteiger partial charge on any atom is -0.496 e. The molecule has 0 saturated carbocycles. The number of hydrogen-bond donors (Lipinski definition) is 2. The van der Waals surface area contributed by atoms with Gasteiger partial charge in [-0.25, -0.2) is 0 Å². The molecule has 0 saturated heterocycles. The van der Waals surface area contributed by atoms with E-state index in [9.17, 15) is 9.59 Å². The number of amides is 2. The second-order valence-electron chi connectivity index (χ2n) is 7.67. The van der Waals surface area contributed by atoms with E-state index < -0.39 is 0 Å². The van der Waals surface area contributed by atoms with Crippen LogP contribution < -0.4 is 24.8 Å². The van der Waals surface area contributed by atoms with Gasteiger partial charge in [-0.15, -0.1) is 0 Å². The van der Waals surface area contributed by atoms with Crippen LogP contribution in [0.4, 0.5) is 11.4 Å². The molecule has 0 aliphatic heterocycles. The van der Waals surface area contributed by atoms with Crippen LogP contribution in [0.3, 0.4) is 0 Å². The van der Waals surface area contributed by atoms with Crippen LogP contribution in [-0.4, -0.2) is 58.2 Å². The van der Waals surface area contributed by atoms with E-state index in [0.29, 0.717) is 52.9 Å². The first-order valence-corrected chi connectivity index (χ1v) is 10.7. The third kappa shape index (κ3) is 6.26. The predicted molar refractivity (Wildman–Crippen MR) is 132 cm³/mol. The summed E-state index contributed by atoms with van der Waals surface area (Å²) in [5.74, 6) is 0.716. The fraction of sp³-hybridized carbons (Fsp3) is 0.231. The molecule has 0 aromatic heterocycles. The average molecular weight is 464 g/mol. The number of likely N-dealkylation sites (N-methyl/N-ethyl adjacent to an activating group) is 1. The normalized spacial score (nSPS) is 10.5. The Morgan fingerprint density at radius 2 is 1.32 bits per heavy atom. The first-order valence-electron chi connectivity index (χ1n) is 10.7. The van der Waals surface area contributed by atoms with E-state index >= 15 is 0 Å².